The van der Waals surface area contributed by atoms with Gasteiger partial charge in [0.2, 0.25) is 0 Å². The van der Waals surface area contributed by atoms with Gasteiger partial charge in [-0.05, 0) is 18.9 Å². The van der Waals surface area contributed by atoms with Crippen LogP contribution in [0, 0.1) is 17.2 Å². The summed E-state index contributed by atoms with van der Waals surface area (Å²) in [6.45, 7) is 1.45. The molecule has 3 rings (SSSR count). The van der Waals surface area contributed by atoms with E-state index in [0.717, 1.165) is 30.4 Å². The lowest BCUT2D eigenvalue weighted by Crippen LogP contribution is -2.27. The minimum Gasteiger partial charge on any atom is -0.381 e. The number of nitriles is 1. The molecule has 0 amide bonds. The van der Waals surface area contributed by atoms with Gasteiger partial charge < -0.3 is 4.74 Å². The second kappa shape index (κ2) is 4.75. The molecular formula is C13H14N4O. The van der Waals surface area contributed by atoms with Gasteiger partial charge in [0.05, 0.1) is 24.4 Å². The number of pyridine rings is 1. The van der Waals surface area contributed by atoms with Crippen molar-refractivity contribution < 1.29 is 4.74 Å². The number of ether oxygens (including phenoxy) is 1. The van der Waals surface area contributed by atoms with Gasteiger partial charge in [0, 0.05) is 30.3 Å². The van der Waals surface area contributed by atoms with Crippen molar-refractivity contribution in [3.8, 4) is 6.07 Å². The third kappa shape index (κ3) is 1.85. The Morgan fingerprint density at radius 1 is 1.50 bits per heavy atom. The molecule has 1 saturated heterocycles. The number of aromatic nitrogens is 3. The predicted octanol–water partition coefficient (Wildman–Crippen LogP) is 1.92. The maximum Gasteiger partial charge on any atom is 0.144 e. The van der Waals surface area contributed by atoms with Crippen molar-refractivity contribution in [3.63, 3.8) is 0 Å². The van der Waals surface area contributed by atoms with E-state index in [1.807, 2.05) is 6.07 Å². The zero-order valence-electron chi connectivity index (χ0n) is 9.99. The summed E-state index contributed by atoms with van der Waals surface area (Å²) in [4.78, 5) is 4.06. The van der Waals surface area contributed by atoms with Crippen LogP contribution in [0.3, 0.4) is 0 Å². The molecule has 1 aliphatic rings. The van der Waals surface area contributed by atoms with Gasteiger partial charge in [0.15, 0.2) is 0 Å². The van der Waals surface area contributed by atoms with Crippen molar-refractivity contribution in [1.82, 2.24) is 14.8 Å². The van der Waals surface area contributed by atoms with Gasteiger partial charge in [0.25, 0.3) is 0 Å². The van der Waals surface area contributed by atoms with Crippen LogP contribution in [0.1, 0.15) is 18.9 Å². The van der Waals surface area contributed by atoms with Gasteiger partial charge in [-0.3, -0.25) is 4.98 Å². The number of fused-ring (bicyclic) bond motifs is 1. The van der Waals surface area contributed by atoms with E-state index >= 15 is 0 Å². The summed E-state index contributed by atoms with van der Waals surface area (Å²) in [6, 6.07) is 4.01. The lowest BCUT2D eigenvalue weighted by atomic mass is 9.94. The van der Waals surface area contributed by atoms with E-state index in [4.69, 9.17) is 4.74 Å². The second-order valence-corrected chi connectivity index (χ2v) is 4.57. The summed E-state index contributed by atoms with van der Waals surface area (Å²) in [5, 5.41) is 14.7. The van der Waals surface area contributed by atoms with Crippen LogP contribution >= 0.6 is 0 Å². The number of nitrogens with zero attached hydrogens (tertiary/aromatic N) is 4. The van der Waals surface area contributed by atoms with E-state index in [1.54, 1.807) is 23.3 Å². The largest absolute Gasteiger partial charge is 0.381 e. The van der Waals surface area contributed by atoms with Crippen LogP contribution in [-0.2, 0) is 4.74 Å². The van der Waals surface area contributed by atoms with Gasteiger partial charge in [-0.2, -0.15) is 10.4 Å². The van der Waals surface area contributed by atoms with Gasteiger partial charge in [-0.25, -0.2) is 4.68 Å². The number of rotatable bonds is 2. The molecule has 2 unspecified atom stereocenters. The van der Waals surface area contributed by atoms with E-state index < -0.39 is 0 Å². The van der Waals surface area contributed by atoms with Gasteiger partial charge in [-0.1, -0.05) is 0 Å². The molecule has 5 nitrogen and oxygen atoms in total. The monoisotopic (exact) mass is 242 g/mol. The molecule has 2 atom stereocenters. The molecule has 0 radical (unpaired) electrons. The Bertz CT molecular complexity index is 580. The Morgan fingerprint density at radius 2 is 2.44 bits per heavy atom. The molecule has 0 saturated carbocycles. The summed E-state index contributed by atoms with van der Waals surface area (Å²) in [5.74, 6) is 0.222. The normalized spacial score (nSPS) is 21.6. The molecule has 5 heteroatoms. The summed E-state index contributed by atoms with van der Waals surface area (Å²) < 4.78 is 7.27. The van der Waals surface area contributed by atoms with Crippen LogP contribution in [0.4, 0.5) is 0 Å². The maximum absolute atomic E-state index is 9.43. The first-order chi connectivity index (χ1) is 8.90. The first kappa shape index (κ1) is 11.2. The third-order valence-electron chi connectivity index (χ3n) is 3.43. The van der Waals surface area contributed by atoms with Crippen molar-refractivity contribution in [1.29, 1.82) is 5.26 Å². The van der Waals surface area contributed by atoms with E-state index in [1.165, 1.54) is 0 Å². The maximum atomic E-state index is 9.43. The fourth-order valence-electron chi connectivity index (χ4n) is 2.49. The standard InChI is InChI=1S/C13H14N4O/c14-6-13(10-2-1-5-18-9-10)17-12-3-4-15-7-11(12)8-16-17/h3-4,7-8,10,13H,1-2,5,9H2. The Balaban J connectivity index is 1.98. The van der Waals surface area contributed by atoms with Crippen LogP contribution < -0.4 is 0 Å². The summed E-state index contributed by atoms with van der Waals surface area (Å²) >= 11 is 0. The van der Waals surface area contributed by atoms with E-state index in [-0.39, 0.29) is 12.0 Å². The van der Waals surface area contributed by atoms with Crippen molar-refractivity contribution in [3.05, 3.63) is 24.7 Å². The second-order valence-electron chi connectivity index (χ2n) is 4.57. The molecule has 18 heavy (non-hydrogen) atoms. The molecule has 2 aromatic heterocycles. The van der Waals surface area contributed by atoms with Crippen LogP contribution in [0.5, 0.6) is 0 Å². The predicted molar refractivity (Wildman–Crippen MR) is 65.7 cm³/mol. The topological polar surface area (TPSA) is 63.7 Å². The van der Waals surface area contributed by atoms with E-state index in [2.05, 4.69) is 16.2 Å². The van der Waals surface area contributed by atoms with Crippen molar-refractivity contribution in [2.45, 2.75) is 18.9 Å². The Morgan fingerprint density at radius 3 is 3.22 bits per heavy atom. The highest BCUT2D eigenvalue weighted by Crippen LogP contribution is 2.28. The molecule has 0 aromatic carbocycles. The minimum absolute atomic E-state index is 0.222. The fourth-order valence-corrected chi connectivity index (χ4v) is 2.49. The zero-order valence-corrected chi connectivity index (χ0v) is 9.99. The highest BCUT2D eigenvalue weighted by molar-refractivity contribution is 5.77. The quantitative estimate of drug-likeness (QED) is 0.807. The van der Waals surface area contributed by atoms with E-state index in [0.29, 0.717) is 6.61 Å². The number of hydrogen-bond donors (Lipinski definition) is 0. The molecule has 0 N–H and O–H groups in total. The molecule has 2 aromatic rings. The van der Waals surface area contributed by atoms with E-state index in [9.17, 15) is 5.26 Å². The molecular weight excluding hydrogens is 228 g/mol. The molecule has 0 spiro atoms. The first-order valence-electron chi connectivity index (χ1n) is 6.15. The van der Waals surface area contributed by atoms with Gasteiger partial charge >= 0.3 is 0 Å². The van der Waals surface area contributed by atoms with Gasteiger partial charge in [-0.15, -0.1) is 0 Å². The van der Waals surface area contributed by atoms with Crippen LogP contribution in [0.2, 0.25) is 0 Å². The lowest BCUT2D eigenvalue weighted by molar-refractivity contribution is 0.0410. The smallest absolute Gasteiger partial charge is 0.144 e. The van der Waals surface area contributed by atoms with Crippen LogP contribution in [0.15, 0.2) is 24.7 Å². The molecule has 1 aliphatic heterocycles. The first-order valence-corrected chi connectivity index (χ1v) is 6.15. The Kier molecular flexibility index (Phi) is 2.95. The highest BCUT2D eigenvalue weighted by atomic mass is 16.5. The summed E-state index contributed by atoms with van der Waals surface area (Å²) in [5.41, 5.74) is 0.960. The highest BCUT2D eigenvalue weighted by Gasteiger charge is 2.27. The molecule has 0 bridgehead atoms. The third-order valence-corrected chi connectivity index (χ3v) is 3.43. The van der Waals surface area contributed by atoms with Crippen LogP contribution in [0.25, 0.3) is 10.9 Å². The van der Waals surface area contributed by atoms with Crippen molar-refractivity contribution >= 4 is 10.9 Å². The minimum atomic E-state index is -0.259. The molecule has 1 fully saturated rings. The SMILES string of the molecule is N#CC(C1CCCOC1)n1ncc2cnccc21. The Labute approximate surface area is 105 Å². The summed E-state index contributed by atoms with van der Waals surface area (Å²) in [6.07, 6.45) is 7.29. The lowest BCUT2D eigenvalue weighted by Gasteiger charge is -2.26. The average Bonchev–Trinajstić information content (AvgIpc) is 2.85. The number of hydrogen-bond acceptors (Lipinski definition) is 4. The molecule has 92 valence electrons. The average molecular weight is 242 g/mol. The molecule has 0 aliphatic carbocycles. The van der Waals surface area contributed by atoms with Gasteiger partial charge in [0.1, 0.15) is 6.04 Å². The fraction of sp³-hybridized carbons (Fsp3) is 0.462. The van der Waals surface area contributed by atoms with Crippen molar-refractivity contribution in [2.24, 2.45) is 5.92 Å². The summed E-state index contributed by atoms with van der Waals surface area (Å²) in [7, 11) is 0. The van der Waals surface area contributed by atoms with Crippen molar-refractivity contribution in [2.75, 3.05) is 13.2 Å². The zero-order chi connectivity index (χ0) is 12.4. The molecule has 3 heterocycles. The van der Waals surface area contributed by atoms with Crippen LogP contribution in [-0.4, -0.2) is 28.0 Å². The Hall–Kier alpha value is -1.93.